The van der Waals surface area contributed by atoms with Gasteiger partial charge in [0.1, 0.15) is 0 Å². The van der Waals surface area contributed by atoms with E-state index in [0.717, 1.165) is 11.3 Å². The molecule has 0 bridgehead atoms. The maximum atomic E-state index is 6.96. The number of hydrogen-bond acceptors (Lipinski definition) is 4. The molecule has 0 aliphatic carbocycles. The number of hydrogen-bond donors (Lipinski definition) is 4. The molecule has 0 amide bonds. The van der Waals surface area contributed by atoms with Gasteiger partial charge >= 0.3 is 0 Å². The van der Waals surface area contributed by atoms with Crippen molar-refractivity contribution in [2.24, 2.45) is 10.8 Å². The van der Waals surface area contributed by atoms with Crippen LogP contribution in [0.2, 0.25) is 0 Å². The lowest BCUT2D eigenvalue weighted by Gasteiger charge is -2.15. The summed E-state index contributed by atoms with van der Waals surface area (Å²) in [5, 5.41) is 10.8. The molecule has 0 spiro atoms. The van der Waals surface area contributed by atoms with Gasteiger partial charge in [-0.2, -0.15) is 5.10 Å². The molecule has 0 heterocycles. The molecule has 0 atom stereocenters. The zero-order valence-electron chi connectivity index (χ0n) is 9.36. The Hall–Kier alpha value is -2.24. The van der Waals surface area contributed by atoms with E-state index >= 15 is 0 Å². The van der Waals surface area contributed by atoms with Gasteiger partial charge in [0.25, 0.3) is 0 Å². The van der Waals surface area contributed by atoms with Gasteiger partial charge in [0.05, 0.1) is 6.21 Å². The van der Waals surface area contributed by atoms with E-state index in [1.807, 2.05) is 31.1 Å². The van der Waals surface area contributed by atoms with Crippen LogP contribution >= 0.6 is 0 Å². The zero-order valence-corrected chi connectivity index (χ0v) is 9.36. The van der Waals surface area contributed by atoms with E-state index in [9.17, 15) is 0 Å². The van der Waals surface area contributed by atoms with E-state index in [1.165, 1.54) is 0 Å². The molecule has 6 nitrogen and oxygen atoms in total. The molecule has 86 valence electrons. The highest BCUT2D eigenvalue weighted by Gasteiger charge is 2.02. The topological polar surface area (TPSA) is 104 Å². The molecule has 0 aromatic heterocycles. The standard InChI is InChI=1S/C10H16N6/c1-16(2)9-4-3-8(11)5-7(9)6-14-15-10(12)13/h3-6H,11H2,1-2H3,(H4,12,13,15)/b14-6+. The van der Waals surface area contributed by atoms with Gasteiger partial charge < -0.3 is 16.4 Å². The molecule has 0 aliphatic heterocycles. The van der Waals surface area contributed by atoms with Crippen molar-refractivity contribution in [3.05, 3.63) is 23.8 Å². The van der Waals surface area contributed by atoms with E-state index in [1.54, 1.807) is 12.3 Å². The summed E-state index contributed by atoms with van der Waals surface area (Å²) in [6, 6.07) is 5.54. The molecule has 1 aromatic carbocycles. The van der Waals surface area contributed by atoms with Gasteiger partial charge in [-0.3, -0.25) is 5.41 Å². The van der Waals surface area contributed by atoms with Crippen molar-refractivity contribution in [1.82, 2.24) is 5.43 Å². The summed E-state index contributed by atoms with van der Waals surface area (Å²) in [6.07, 6.45) is 1.58. The van der Waals surface area contributed by atoms with Crippen molar-refractivity contribution in [2.75, 3.05) is 24.7 Å². The van der Waals surface area contributed by atoms with Crippen molar-refractivity contribution in [3.8, 4) is 0 Å². The van der Waals surface area contributed by atoms with Crippen LogP contribution in [-0.2, 0) is 0 Å². The first-order valence-electron chi connectivity index (χ1n) is 4.70. The number of nitrogen functional groups attached to an aromatic ring is 1. The van der Waals surface area contributed by atoms with Crippen molar-refractivity contribution in [3.63, 3.8) is 0 Å². The van der Waals surface area contributed by atoms with E-state index in [2.05, 4.69) is 10.5 Å². The van der Waals surface area contributed by atoms with Crippen molar-refractivity contribution >= 4 is 23.5 Å². The average molecular weight is 220 g/mol. The summed E-state index contributed by atoms with van der Waals surface area (Å²) in [5.74, 6) is -0.202. The molecular weight excluding hydrogens is 204 g/mol. The maximum absolute atomic E-state index is 6.96. The molecule has 16 heavy (non-hydrogen) atoms. The lowest BCUT2D eigenvalue weighted by Crippen LogP contribution is -2.25. The zero-order chi connectivity index (χ0) is 12.1. The lowest BCUT2D eigenvalue weighted by molar-refractivity contribution is 1.00. The first-order valence-corrected chi connectivity index (χ1v) is 4.70. The summed E-state index contributed by atoms with van der Waals surface area (Å²) in [4.78, 5) is 1.95. The van der Waals surface area contributed by atoms with Crippen LogP contribution in [0.1, 0.15) is 5.56 Å². The van der Waals surface area contributed by atoms with Gasteiger partial charge in [0.15, 0.2) is 0 Å². The Labute approximate surface area is 94.4 Å². The number of anilines is 2. The van der Waals surface area contributed by atoms with Crippen LogP contribution in [0, 0.1) is 5.41 Å². The molecule has 0 aliphatic rings. The van der Waals surface area contributed by atoms with E-state index < -0.39 is 0 Å². The molecule has 1 aromatic rings. The first kappa shape index (κ1) is 11.8. The van der Waals surface area contributed by atoms with Crippen LogP contribution in [0.15, 0.2) is 23.3 Å². The highest BCUT2D eigenvalue weighted by molar-refractivity contribution is 5.90. The molecule has 6 heteroatoms. The largest absolute Gasteiger partial charge is 0.399 e. The van der Waals surface area contributed by atoms with E-state index in [0.29, 0.717) is 5.69 Å². The van der Waals surface area contributed by atoms with Crippen molar-refractivity contribution in [2.45, 2.75) is 0 Å². The van der Waals surface area contributed by atoms with E-state index in [4.69, 9.17) is 16.9 Å². The highest BCUT2D eigenvalue weighted by atomic mass is 15.3. The van der Waals surface area contributed by atoms with Crippen LogP contribution < -0.4 is 21.8 Å². The van der Waals surface area contributed by atoms with Gasteiger partial charge in [0, 0.05) is 31.0 Å². The maximum Gasteiger partial charge on any atom is 0.206 e. The number of nitrogens with two attached hydrogens (primary N) is 2. The first-order chi connectivity index (χ1) is 7.50. The Kier molecular flexibility index (Phi) is 3.71. The second-order valence-electron chi connectivity index (χ2n) is 3.50. The molecule has 0 radical (unpaired) electrons. The Morgan fingerprint density at radius 2 is 2.19 bits per heavy atom. The van der Waals surface area contributed by atoms with Gasteiger partial charge in [-0.05, 0) is 18.2 Å². The molecule has 0 unspecified atom stereocenters. The monoisotopic (exact) mass is 220 g/mol. The average Bonchev–Trinajstić information content (AvgIpc) is 2.16. The van der Waals surface area contributed by atoms with Gasteiger partial charge in [-0.15, -0.1) is 0 Å². The normalized spacial score (nSPS) is 10.4. The minimum Gasteiger partial charge on any atom is -0.399 e. The predicted octanol–water partition coefficient (Wildman–Crippen LogP) is 0.152. The minimum atomic E-state index is -0.202. The number of nitrogens with zero attached hydrogens (tertiary/aromatic N) is 2. The molecular formula is C10H16N6. The second-order valence-corrected chi connectivity index (χ2v) is 3.50. The summed E-state index contributed by atoms with van der Waals surface area (Å²) in [5.41, 5.74) is 15.7. The fourth-order valence-corrected chi connectivity index (χ4v) is 1.26. The van der Waals surface area contributed by atoms with Gasteiger partial charge in [0.2, 0.25) is 5.96 Å². The van der Waals surface area contributed by atoms with Crippen LogP contribution in [0.3, 0.4) is 0 Å². The van der Waals surface area contributed by atoms with Crippen LogP contribution in [0.25, 0.3) is 0 Å². The summed E-state index contributed by atoms with van der Waals surface area (Å²) in [7, 11) is 3.86. The molecule has 0 fully saturated rings. The third-order valence-electron chi connectivity index (χ3n) is 1.92. The Morgan fingerprint density at radius 3 is 2.75 bits per heavy atom. The Morgan fingerprint density at radius 1 is 1.50 bits per heavy atom. The number of rotatable bonds is 3. The van der Waals surface area contributed by atoms with Gasteiger partial charge in [-0.25, -0.2) is 5.43 Å². The summed E-state index contributed by atoms with van der Waals surface area (Å²) < 4.78 is 0. The van der Waals surface area contributed by atoms with Crippen molar-refractivity contribution < 1.29 is 0 Å². The fourth-order valence-electron chi connectivity index (χ4n) is 1.26. The smallest absolute Gasteiger partial charge is 0.206 e. The van der Waals surface area contributed by atoms with Crippen LogP contribution in [-0.4, -0.2) is 26.3 Å². The van der Waals surface area contributed by atoms with Crippen LogP contribution in [0.4, 0.5) is 11.4 Å². The third-order valence-corrected chi connectivity index (χ3v) is 1.92. The Bertz CT molecular complexity index is 410. The third kappa shape index (κ3) is 3.16. The summed E-state index contributed by atoms with van der Waals surface area (Å²) >= 11 is 0. The predicted molar refractivity (Wildman–Crippen MR) is 67.8 cm³/mol. The van der Waals surface area contributed by atoms with Crippen LogP contribution in [0.5, 0.6) is 0 Å². The fraction of sp³-hybridized carbons (Fsp3) is 0.200. The molecule has 1 rings (SSSR count). The SMILES string of the molecule is CN(C)c1ccc(N)cc1/C=N/NC(=N)N. The number of benzene rings is 1. The second kappa shape index (κ2) is 5.01. The van der Waals surface area contributed by atoms with E-state index in [-0.39, 0.29) is 5.96 Å². The number of nitrogens with one attached hydrogen (secondary N) is 2. The van der Waals surface area contributed by atoms with Gasteiger partial charge in [-0.1, -0.05) is 0 Å². The Balaban J connectivity index is 2.96. The lowest BCUT2D eigenvalue weighted by atomic mass is 10.1. The summed E-state index contributed by atoms with van der Waals surface area (Å²) in [6.45, 7) is 0. The van der Waals surface area contributed by atoms with Crippen molar-refractivity contribution in [1.29, 1.82) is 5.41 Å². The quantitative estimate of drug-likeness (QED) is 0.252. The number of guanidine groups is 1. The minimum absolute atomic E-state index is 0.202. The number of hydrazone groups is 1. The molecule has 6 N–H and O–H groups in total. The molecule has 0 saturated carbocycles. The molecule has 0 saturated heterocycles. The highest BCUT2D eigenvalue weighted by Crippen LogP contribution is 2.19.